The van der Waals surface area contributed by atoms with Crippen LogP contribution in [0.5, 0.6) is 0 Å². The summed E-state index contributed by atoms with van der Waals surface area (Å²) < 4.78 is 31.2. The van der Waals surface area contributed by atoms with Gasteiger partial charge in [0.25, 0.3) is 0 Å². The summed E-state index contributed by atoms with van der Waals surface area (Å²) in [7, 11) is -2.96. The number of sulfone groups is 1. The van der Waals surface area contributed by atoms with Gasteiger partial charge >= 0.3 is 5.97 Å². The Labute approximate surface area is 205 Å². The molecule has 5 rings (SSSR count). The van der Waals surface area contributed by atoms with Crippen LogP contribution in [0.1, 0.15) is 58.9 Å². The smallest absolute Gasteiger partial charge is 0.309 e. The molecule has 0 atom stereocenters. The van der Waals surface area contributed by atoms with Crippen molar-refractivity contribution in [2.24, 2.45) is 5.92 Å². The lowest BCUT2D eigenvalue weighted by atomic mass is 9.70. The fraction of sp³-hybridized carbons (Fsp3) is 0.625. The lowest BCUT2D eigenvalue weighted by Gasteiger charge is -2.41. The fourth-order valence-corrected chi connectivity index (χ4v) is 6.49. The van der Waals surface area contributed by atoms with Crippen molar-refractivity contribution in [1.29, 1.82) is 0 Å². The second kappa shape index (κ2) is 8.48. The number of nitrogens with one attached hydrogen (secondary N) is 2. The number of carbonyl (C=O) groups is 1. The van der Waals surface area contributed by atoms with E-state index in [1.165, 1.54) is 0 Å². The summed E-state index contributed by atoms with van der Waals surface area (Å²) in [6, 6.07) is 0.0324. The van der Waals surface area contributed by atoms with Crippen molar-refractivity contribution in [2.75, 3.05) is 16.8 Å². The van der Waals surface area contributed by atoms with Crippen LogP contribution in [0, 0.1) is 5.92 Å². The molecule has 2 N–H and O–H groups in total. The van der Waals surface area contributed by atoms with E-state index >= 15 is 0 Å². The predicted molar refractivity (Wildman–Crippen MR) is 132 cm³/mol. The van der Waals surface area contributed by atoms with Crippen LogP contribution in [0.2, 0.25) is 0 Å². The number of nitrogens with zero attached hydrogens (tertiary/aromatic N) is 3. The molecule has 1 saturated heterocycles. The molecular formula is C24H33N5O5S. The van der Waals surface area contributed by atoms with E-state index in [9.17, 15) is 13.2 Å². The molecule has 0 amide bonds. The molecule has 35 heavy (non-hydrogen) atoms. The Balaban J connectivity index is 1.41. The van der Waals surface area contributed by atoms with Crippen molar-refractivity contribution in [3.05, 3.63) is 24.0 Å². The molecule has 0 aromatic carbocycles. The van der Waals surface area contributed by atoms with Crippen LogP contribution < -0.4 is 10.8 Å². The number of hydrogen-bond donors (Lipinski definition) is 2. The molecule has 11 heteroatoms. The standard InChI is InChI=1S/C24H33N5O5S/c1-5-29-21-18(14-26-29)20(27-16-6-8-35(31,32)9-7-16)17(13-25-21)19-12-24(34-28-19)10-15(11-24)22(30)33-23(2,3)4/h12-16,28H,5-11H2,1-4H3,(H,25,27). The number of fused-ring (bicyclic) bond motifs is 1. The van der Waals surface area contributed by atoms with E-state index in [0.717, 1.165) is 28.0 Å². The normalized spacial score (nSPS) is 22.0. The first-order valence-electron chi connectivity index (χ1n) is 12.2. The molecule has 2 aromatic heterocycles. The number of esters is 1. The minimum Gasteiger partial charge on any atom is -0.460 e. The molecule has 4 heterocycles. The van der Waals surface area contributed by atoms with Crippen LogP contribution in [0.25, 0.3) is 16.7 Å². The number of carbonyl (C=O) groups excluding carboxylic acids is 1. The van der Waals surface area contributed by atoms with Crippen molar-refractivity contribution in [1.82, 2.24) is 20.2 Å². The Morgan fingerprint density at radius 1 is 1.29 bits per heavy atom. The van der Waals surface area contributed by atoms with Crippen molar-refractivity contribution in [3.63, 3.8) is 0 Å². The van der Waals surface area contributed by atoms with E-state index in [4.69, 9.17) is 9.57 Å². The zero-order valence-corrected chi connectivity index (χ0v) is 21.4. The van der Waals surface area contributed by atoms with Crippen LogP contribution in [-0.2, 0) is 30.8 Å². The fourth-order valence-electron chi connectivity index (χ4n) is 5.00. The van der Waals surface area contributed by atoms with Gasteiger partial charge in [-0.15, -0.1) is 0 Å². The van der Waals surface area contributed by atoms with Gasteiger partial charge in [0.15, 0.2) is 5.65 Å². The summed E-state index contributed by atoms with van der Waals surface area (Å²) in [5.74, 6) is -0.0290. The van der Waals surface area contributed by atoms with E-state index in [-0.39, 0.29) is 29.4 Å². The third-order valence-corrected chi connectivity index (χ3v) is 8.57. The first-order valence-corrected chi connectivity index (χ1v) is 14.0. The molecular weight excluding hydrogens is 470 g/mol. The van der Waals surface area contributed by atoms with E-state index < -0.39 is 21.0 Å². The predicted octanol–water partition coefficient (Wildman–Crippen LogP) is 2.81. The van der Waals surface area contributed by atoms with E-state index in [2.05, 4.69) is 20.9 Å². The number of hydrogen-bond acceptors (Lipinski definition) is 9. The first-order chi connectivity index (χ1) is 16.5. The van der Waals surface area contributed by atoms with Crippen LogP contribution in [0.3, 0.4) is 0 Å². The van der Waals surface area contributed by atoms with Crippen molar-refractivity contribution >= 4 is 38.2 Å². The Morgan fingerprint density at radius 3 is 2.66 bits per heavy atom. The van der Waals surface area contributed by atoms with Crippen LogP contribution >= 0.6 is 0 Å². The highest BCUT2D eigenvalue weighted by atomic mass is 32.2. The van der Waals surface area contributed by atoms with Crippen LogP contribution in [0.4, 0.5) is 5.69 Å². The van der Waals surface area contributed by atoms with Crippen molar-refractivity contribution < 1.29 is 22.8 Å². The number of aryl methyl sites for hydroxylation is 1. The van der Waals surface area contributed by atoms with Gasteiger partial charge in [-0.1, -0.05) is 0 Å². The van der Waals surface area contributed by atoms with Gasteiger partial charge in [0.05, 0.1) is 40.4 Å². The zero-order chi connectivity index (χ0) is 25.0. The Kier molecular flexibility index (Phi) is 5.83. The van der Waals surface area contributed by atoms with Gasteiger partial charge in [-0.2, -0.15) is 5.10 Å². The summed E-state index contributed by atoms with van der Waals surface area (Å²) in [5.41, 5.74) is 5.22. The van der Waals surface area contributed by atoms with Gasteiger partial charge in [0.2, 0.25) is 0 Å². The van der Waals surface area contributed by atoms with Crippen molar-refractivity contribution in [2.45, 2.75) is 77.2 Å². The molecule has 0 radical (unpaired) electrons. The maximum absolute atomic E-state index is 12.4. The molecule has 10 nitrogen and oxygen atoms in total. The molecule has 190 valence electrons. The summed E-state index contributed by atoms with van der Waals surface area (Å²) in [6.45, 7) is 8.30. The maximum Gasteiger partial charge on any atom is 0.309 e. The first kappa shape index (κ1) is 24.1. The number of pyridine rings is 1. The molecule has 0 bridgehead atoms. The molecule has 1 aliphatic carbocycles. The SMILES string of the molecule is CCn1ncc2c(NC3CCS(=O)(=O)CC3)c(C3=CC4(CC(C(=O)OC(C)(C)C)C4)ON3)cnc21. The van der Waals surface area contributed by atoms with Crippen LogP contribution in [0.15, 0.2) is 18.5 Å². The number of aromatic nitrogens is 3. The van der Waals surface area contributed by atoms with E-state index in [0.29, 0.717) is 32.2 Å². The Hall–Kier alpha value is -2.66. The summed E-state index contributed by atoms with van der Waals surface area (Å²) in [4.78, 5) is 23.1. The topological polar surface area (TPSA) is 124 Å². The minimum atomic E-state index is -2.96. The second-order valence-electron chi connectivity index (χ2n) is 10.8. The summed E-state index contributed by atoms with van der Waals surface area (Å²) in [5, 5.41) is 8.94. The molecule has 3 aliphatic rings. The zero-order valence-electron chi connectivity index (χ0n) is 20.6. The molecule has 2 aliphatic heterocycles. The average molecular weight is 504 g/mol. The second-order valence-corrected chi connectivity index (χ2v) is 13.1. The van der Waals surface area contributed by atoms with Gasteiger partial charge in [-0.05, 0) is 59.5 Å². The molecule has 2 fully saturated rings. The lowest BCUT2D eigenvalue weighted by molar-refractivity contribution is -0.178. The maximum atomic E-state index is 12.4. The number of hydroxylamine groups is 1. The summed E-state index contributed by atoms with van der Waals surface area (Å²) in [6.07, 6.45) is 7.82. The molecule has 1 saturated carbocycles. The largest absolute Gasteiger partial charge is 0.460 e. The Morgan fingerprint density at radius 2 is 2.00 bits per heavy atom. The van der Waals surface area contributed by atoms with Crippen LogP contribution in [-0.4, -0.2) is 57.9 Å². The Bertz CT molecular complexity index is 1270. The highest BCUT2D eigenvalue weighted by Gasteiger charge is 2.52. The molecule has 2 aromatic rings. The van der Waals surface area contributed by atoms with E-state index in [1.807, 2.05) is 38.5 Å². The number of rotatable bonds is 5. The van der Waals surface area contributed by atoms with Gasteiger partial charge in [0.1, 0.15) is 21.0 Å². The quantitative estimate of drug-likeness (QED) is 0.593. The monoisotopic (exact) mass is 503 g/mol. The minimum absolute atomic E-state index is 0.0324. The summed E-state index contributed by atoms with van der Waals surface area (Å²) >= 11 is 0. The molecule has 0 unspecified atom stereocenters. The van der Waals surface area contributed by atoms with Gasteiger partial charge < -0.3 is 10.1 Å². The number of ether oxygens (including phenoxy) is 1. The highest BCUT2D eigenvalue weighted by molar-refractivity contribution is 7.91. The molecule has 1 spiro atoms. The van der Waals surface area contributed by atoms with Gasteiger partial charge in [0, 0.05) is 24.3 Å². The van der Waals surface area contributed by atoms with Gasteiger partial charge in [-0.3, -0.25) is 15.1 Å². The van der Waals surface area contributed by atoms with E-state index in [1.54, 1.807) is 12.4 Å². The highest BCUT2D eigenvalue weighted by Crippen LogP contribution is 2.47. The number of anilines is 1. The van der Waals surface area contributed by atoms with Crippen molar-refractivity contribution in [3.8, 4) is 0 Å². The average Bonchev–Trinajstić information content (AvgIpc) is 3.38. The van der Waals surface area contributed by atoms with Gasteiger partial charge in [-0.25, -0.2) is 18.1 Å². The third-order valence-electron chi connectivity index (χ3n) is 6.85. The third kappa shape index (κ3) is 4.75. The lowest BCUT2D eigenvalue weighted by Crippen LogP contribution is -2.48.